The van der Waals surface area contributed by atoms with E-state index in [0.29, 0.717) is 19.0 Å². The van der Waals surface area contributed by atoms with Gasteiger partial charge in [-0.25, -0.2) is 0 Å². The van der Waals surface area contributed by atoms with Crippen molar-refractivity contribution < 1.29 is 4.79 Å². The number of carbonyl (C=O) groups excluding carboxylic acids is 1. The number of nitrogens with zero attached hydrogens (tertiary/aromatic N) is 2. The molecule has 3 aromatic rings. The van der Waals surface area contributed by atoms with Crippen LogP contribution in [-0.2, 0) is 17.8 Å². The summed E-state index contributed by atoms with van der Waals surface area (Å²) in [6.07, 6.45) is 5.77. The van der Waals surface area contributed by atoms with Crippen LogP contribution in [0.1, 0.15) is 30.4 Å². The maximum absolute atomic E-state index is 12.6. The third-order valence-corrected chi connectivity index (χ3v) is 5.58. The van der Waals surface area contributed by atoms with Crippen LogP contribution in [0, 0.1) is 0 Å². The van der Waals surface area contributed by atoms with Gasteiger partial charge in [-0.3, -0.25) is 14.7 Å². The van der Waals surface area contributed by atoms with E-state index in [9.17, 15) is 4.79 Å². The van der Waals surface area contributed by atoms with Crippen molar-refractivity contribution in [1.29, 1.82) is 0 Å². The number of hydrogen-bond acceptors (Lipinski definition) is 3. The summed E-state index contributed by atoms with van der Waals surface area (Å²) in [6.45, 7) is 2.77. The van der Waals surface area contributed by atoms with Gasteiger partial charge in [-0.1, -0.05) is 61.0 Å². The fourth-order valence-electron chi connectivity index (χ4n) is 4.09. The summed E-state index contributed by atoms with van der Waals surface area (Å²) in [4.78, 5) is 19.6. The lowest BCUT2D eigenvalue weighted by atomic mass is 10.0. The number of para-hydroxylation sites is 1. The van der Waals surface area contributed by atoms with Gasteiger partial charge in [0, 0.05) is 30.7 Å². The molecule has 0 radical (unpaired) electrons. The molecule has 1 unspecified atom stereocenters. The van der Waals surface area contributed by atoms with Gasteiger partial charge in [0.05, 0.1) is 11.9 Å². The van der Waals surface area contributed by atoms with Crippen LogP contribution >= 0.6 is 0 Å². The first kappa shape index (κ1) is 18.6. The fraction of sp³-hybridized carbons (Fsp3) is 0.333. The largest absolute Gasteiger partial charge is 0.354 e. The molecule has 4 nitrogen and oxygen atoms in total. The van der Waals surface area contributed by atoms with Gasteiger partial charge in [0.25, 0.3) is 0 Å². The molecule has 2 aromatic carbocycles. The lowest BCUT2D eigenvalue weighted by Gasteiger charge is -2.36. The molecule has 0 aliphatic carbocycles. The standard InChI is InChI=1S/C24H27N3O/c28-23(16-21-11-6-10-20-12-7-14-25-24(20)21)26-17-22-13-4-5-15-27(22)18-19-8-2-1-3-9-19/h1-3,6-12,14,22H,4-5,13,15-18H2,(H,26,28). The van der Waals surface area contributed by atoms with Crippen molar-refractivity contribution in [2.45, 2.75) is 38.3 Å². The van der Waals surface area contributed by atoms with E-state index in [1.807, 2.05) is 30.3 Å². The van der Waals surface area contributed by atoms with Crippen LogP contribution in [0.5, 0.6) is 0 Å². The van der Waals surface area contributed by atoms with Crippen LogP contribution in [-0.4, -0.2) is 34.9 Å². The number of piperidine rings is 1. The Kier molecular flexibility index (Phi) is 5.98. The zero-order chi connectivity index (χ0) is 19.2. The summed E-state index contributed by atoms with van der Waals surface area (Å²) < 4.78 is 0. The van der Waals surface area contributed by atoms with Gasteiger partial charge in [-0.05, 0) is 36.6 Å². The summed E-state index contributed by atoms with van der Waals surface area (Å²) in [5.41, 5.74) is 3.24. The van der Waals surface area contributed by atoms with E-state index >= 15 is 0 Å². The summed E-state index contributed by atoms with van der Waals surface area (Å²) in [5.74, 6) is 0.0726. The highest BCUT2D eigenvalue weighted by atomic mass is 16.1. The van der Waals surface area contributed by atoms with Crippen LogP contribution in [0.3, 0.4) is 0 Å². The van der Waals surface area contributed by atoms with Crippen molar-refractivity contribution in [3.8, 4) is 0 Å². The molecule has 4 rings (SSSR count). The van der Waals surface area contributed by atoms with Gasteiger partial charge >= 0.3 is 0 Å². The number of nitrogens with one attached hydrogen (secondary N) is 1. The van der Waals surface area contributed by atoms with E-state index in [2.05, 4.69) is 45.5 Å². The van der Waals surface area contributed by atoms with E-state index in [1.165, 1.54) is 18.4 Å². The van der Waals surface area contributed by atoms with Gasteiger partial charge in [0.15, 0.2) is 0 Å². The lowest BCUT2D eigenvalue weighted by molar-refractivity contribution is -0.120. The SMILES string of the molecule is O=C(Cc1cccc2cccnc12)NCC1CCCCN1Cc1ccccc1. The van der Waals surface area contributed by atoms with Gasteiger partial charge < -0.3 is 5.32 Å². The molecule has 4 heteroatoms. The number of carbonyl (C=O) groups is 1. The number of hydrogen-bond donors (Lipinski definition) is 1. The van der Waals surface area contributed by atoms with Crippen LogP contribution in [0.2, 0.25) is 0 Å². The Hall–Kier alpha value is -2.72. The molecule has 1 aromatic heterocycles. The van der Waals surface area contributed by atoms with Crippen LogP contribution in [0.25, 0.3) is 10.9 Å². The Balaban J connectivity index is 1.36. The van der Waals surface area contributed by atoms with Crippen molar-refractivity contribution in [1.82, 2.24) is 15.2 Å². The molecule has 0 spiro atoms. The smallest absolute Gasteiger partial charge is 0.224 e. The molecule has 1 N–H and O–H groups in total. The van der Waals surface area contributed by atoms with Crippen molar-refractivity contribution in [3.05, 3.63) is 78.0 Å². The number of amides is 1. The monoisotopic (exact) mass is 373 g/mol. The number of pyridine rings is 1. The summed E-state index contributed by atoms with van der Waals surface area (Å²) in [6, 6.07) is 21.0. The average molecular weight is 374 g/mol. The number of likely N-dealkylation sites (tertiary alicyclic amines) is 1. The highest BCUT2D eigenvalue weighted by Crippen LogP contribution is 2.20. The Morgan fingerprint density at radius 2 is 1.89 bits per heavy atom. The quantitative estimate of drug-likeness (QED) is 0.712. The number of rotatable bonds is 6. The highest BCUT2D eigenvalue weighted by molar-refractivity contribution is 5.87. The summed E-state index contributed by atoms with van der Waals surface area (Å²) in [7, 11) is 0. The summed E-state index contributed by atoms with van der Waals surface area (Å²) >= 11 is 0. The number of aromatic nitrogens is 1. The van der Waals surface area contributed by atoms with E-state index in [1.54, 1.807) is 6.20 Å². The molecule has 1 fully saturated rings. The lowest BCUT2D eigenvalue weighted by Crippen LogP contribution is -2.46. The second-order valence-electron chi connectivity index (χ2n) is 7.58. The maximum atomic E-state index is 12.6. The average Bonchev–Trinajstić information content (AvgIpc) is 2.74. The first-order valence-corrected chi connectivity index (χ1v) is 10.2. The van der Waals surface area contributed by atoms with Crippen LogP contribution in [0.15, 0.2) is 66.9 Å². The third-order valence-electron chi connectivity index (χ3n) is 5.58. The zero-order valence-corrected chi connectivity index (χ0v) is 16.2. The molecule has 1 aliphatic heterocycles. The second kappa shape index (κ2) is 8.98. The minimum atomic E-state index is 0.0726. The third kappa shape index (κ3) is 4.57. The molecule has 0 saturated carbocycles. The predicted octanol–water partition coefficient (Wildman–Crippen LogP) is 3.95. The van der Waals surface area contributed by atoms with Gasteiger partial charge in [0.1, 0.15) is 0 Å². The number of benzene rings is 2. The van der Waals surface area contributed by atoms with Gasteiger partial charge in [0.2, 0.25) is 5.91 Å². The fourth-order valence-corrected chi connectivity index (χ4v) is 4.09. The molecular weight excluding hydrogens is 346 g/mol. The van der Waals surface area contributed by atoms with Crippen LogP contribution < -0.4 is 5.32 Å². The Bertz CT molecular complexity index is 920. The molecule has 1 atom stereocenters. The minimum absolute atomic E-state index is 0.0726. The highest BCUT2D eigenvalue weighted by Gasteiger charge is 2.23. The topological polar surface area (TPSA) is 45.2 Å². The maximum Gasteiger partial charge on any atom is 0.224 e. The normalized spacial score (nSPS) is 17.5. The van der Waals surface area contributed by atoms with E-state index in [-0.39, 0.29) is 5.91 Å². The summed E-state index contributed by atoms with van der Waals surface area (Å²) in [5, 5.41) is 4.25. The van der Waals surface area contributed by atoms with E-state index in [0.717, 1.165) is 36.0 Å². The first-order chi connectivity index (χ1) is 13.8. The zero-order valence-electron chi connectivity index (χ0n) is 16.2. The van der Waals surface area contributed by atoms with Gasteiger partial charge in [-0.15, -0.1) is 0 Å². The number of fused-ring (bicyclic) bond motifs is 1. The predicted molar refractivity (Wildman–Crippen MR) is 113 cm³/mol. The molecular formula is C24H27N3O. The van der Waals surface area contributed by atoms with Crippen LogP contribution in [0.4, 0.5) is 0 Å². The Morgan fingerprint density at radius 1 is 1.04 bits per heavy atom. The van der Waals surface area contributed by atoms with Crippen molar-refractivity contribution in [2.75, 3.05) is 13.1 Å². The van der Waals surface area contributed by atoms with Crippen molar-refractivity contribution in [2.24, 2.45) is 0 Å². The second-order valence-corrected chi connectivity index (χ2v) is 7.58. The molecule has 2 heterocycles. The first-order valence-electron chi connectivity index (χ1n) is 10.2. The molecule has 28 heavy (non-hydrogen) atoms. The van der Waals surface area contributed by atoms with E-state index < -0.39 is 0 Å². The van der Waals surface area contributed by atoms with Crippen molar-refractivity contribution >= 4 is 16.8 Å². The Labute approximate surface area is 166 Å². The molecule has 1 aliphatic rings. The molecule has 144 valence electrons. The minimum Gasteiger partial charge on any atom is -0.354 e. The van der Waals surface area contributed by atoms with Crippen molar-refractivity contribution in [3.63, 3.8) is 0 Å². The Morgan fingerprint density at radius 3 is 2.79 bits per heavy atom. The van der Waals surface area contributed by atoms with E-state index in [4.69, 9.17) is 0 Å². The molecule has 1 amide bonds. The molecule has 0 bridgehead atoms. The van der Waals surface area contributed by atoms with Gasteiger partial charge in [-0.2, -0.15) is 0 Å². The molecule has 1 saturated heterocycles.